The summed E-state index contributed by atoms with van der Waals surface area (Å²) in [6, 6.07) is 0. The molecule has 1 unspecified atom stereocenters. The summed E-state index contributed by atoms with van der Waals surface area (Å²) in [6.07, 6.45) is 10.9. The third kappa shape index (κ3) is 18.0. The molecule has 0 amide bonds. The minimum atomic E-state index is -0.702. The van der Waals surface area contributed by atoms with Gasteiger partial charge >= 0.3 is 0 Å². The minimum Gasteiger partial charge on any atom is -0.386 e. The Balaban J connectivity index is 0. The molecule has 0 spiro atoms. The number of hydrogen-bond acceptors (Lipinski definition) is 1. The van der Waals surface area contributed by atoms with E-state index in [4.69, 9.17) is 0 Å². The normalized spacial score (nSPS) is 13.1. The van der Waals surface area contributed by atoms with Crippen molar-refractivity contribution in [3.05, 3.63) is 24.3 Å². The molecule has 0 aromatic carbocycles. The van der Waals surface area contributed by atoms with Crippen molar-refractivity contribution in [1.29, 1.82) is 0 Å². The van der Waals surface area contributed by atoms with E-state index in [1.807, 2.05) is 0 Å². The Morgan fingerprint density at radius 2 is 1.65 bits per heavy atom. The van der Waals surface area contributed by atoms with Gasteiger partial charge in [-0.15, -0.1) is 6.58 Å². The van der Waals surface area contributed by atoms with Crippen molar-refractivity contribution in [3.63, 3.8) is 0 Å². The summed E-state index contributed by atoms with van der Waals surface area (Å²) in [6.45, 7) is 13.9. The van der Waals surface area contributed by atoms with Crippen LogP contribution in [0.15, 0.2) is 24.3 Å². The van der Waals surface area contributed by atoms with Gasteiger partial charge in [-0.05, 0) is 33.6 Å². The molecule has 0 aliphatic heterocycles. The number of rotatable bonds is 7. The highest BCUT2D eigenvalue weighted by atomic mass is 16.3. The minimum absolute atomic E-state index is 0.702. The molecule has 1 N–H and O–H groups in total. The molecule has 0 aliphatic rings. The fraction of sp³-hybridized carbons (Fsp3) is 0.750. The second kappa shape index (κ2) is 11.9. The van der Waals surface area contributed by atoms with Crippen molar-refractivity contribution >= 4 is 0 Å². The summed E-state index contributed by atoms with van der Waals surface area (Å²) in [7, 11) is 0. The van der Waals surface area contributed by atoms with Gasteiger partial charge < -0.3 is 5.11 Å². The Kier molecular flexibility index (Phi) is 13.2. The zero-order chi connectivity index (χ0) is 13.7. The molecule has 1 nitrogen and oxygen atoms in total. The van der Waals surface area contributed by atoms with Gasteiger partial charge in [-0.3, -0.25) is 0 Å². The topological polar surface area (TPSA) is 20.2 Å². The Morgan fingerprint density at radius 1 is 1.18 bits per heavy atom. The fourth-order valence-electron chi connectivity index (χ4n) is 1.26. The van der Waals surface area contributed by atoms with Crippen molar-refractivity contribution < 1.29 is 5.11 Å². The Hall–Kier alpha value is -0.560. The van der Waals surface area contributed by atoms with Crippen LogP contribution in [0, 0.1) is 0 Å². The number of aliphatic hydroxyl groups is 1. The van der Waals surface area contributed by atoms with Crippen LogP contribution in [0.25, 0.3) is 0 Å². The van der Waals surface area contributed by atoms with E-state index in [2.05, 4.69) is 40.3 Å². The van der Waals surface area contributed by atoms with E-state index in [0.717, 1.165) is 12.8 Å². The molecule has 0 aromatic heterocycles. The van der Waals surface area contributed by atoms with Gasteiger partial charge in [0, 0.05) is 0 Å². The number of unbranched alkanes of at least 4 members (excludes halogenated alkanes) is 3. The maximum atomic E-state index is 9.49. The summed E-state index contributed by atoms with van der Waals surface area (Å²) in [4.78, 5) is 0. The van der Waals surface area contributed by atoms with Crippen molar-refractivity contribution in [2.45, 2.75) is 78.7 Å². The average molecular weight is 240 g/mol. The second-order valence-electron chi connectivity index (χ2n) is 5.09. The highest BCUT2D eigenvalue weighted by Crippen LogP contribution is 2.13. The van der Waals surface area contributed by atoms with E-state index in [1.165, 1.54) is 31.3 Å². The molecule has 1 atom stereocenters. The molecule has 0 saturated carbocycles. The van der Waals surface area contributed by atoms with Crippen LogP contribution in [0.3, 0.4) is 0 Å². The third-order valence-electron chi connectivity index (χ3n) is 2.60. The SMILES string of the molecule is C=CC(C)(O)CCC=C(C)C.CCCCCC. The summed E-state index contributed by atoms with van der Waals surface area (Å²) in [5.41, 5.74) is 0.594. The summed E-state index contributed by atoms with van der Waals surface area (Å²) < 4.78 is 0. The van der Waals surface area contributed by atoms with Crippen molar-refractivity contribution in [2.75, 3.05) is 0 Å². The Labute approximate surface area is 109 Å². The molecular weight excluding hydrogens is 208 g/mol. The van der Waals surface area contributed by atoms with Gasteiger partial charge in [0.1, 0.15) is 0 Å². The lowest BCUT2D eigenvalue weighted by molar-refractivity contribution is 0.103. The molecule has 0 radical (unpaired) electrons. The quantitative estimate of drug-likeness (QED) is 0.475. The molecule has 0 aliphatic carbocycles. The molecular formula is C16H32O. The second-order valence-corrected chi connectivity index (χ2v) is 5.09. The smallest absolute Gasteiger partial charge is 0.0800 e. The van der Waals surface area contributed by atoms with Crippen molar-refractivity contribution in [2.24, 2.45) is 0 Å². The van der Waals surface area contributed by atoms with E-state index in [-0.39, 0.29) is 0 Å². The lowest BCUT2D eigenvalue weighted by atomic mass is 10.00. The molecule has 0 saturated heterocycles. The summed E-state index contributed by atoms with van der Waals surface area (Å²) >= 11 is 0. The van der Waals surface area contributed by atoms with Crippen LogP contribution in [-0.2, 0) is 0 Å². The lowest BCUT2D eigenvalue weighted by Gasteiger charge is -2.16. The average Bonchev–Trinajstić information content (AvgIpc) is 2.26. The first-order valence-corrected chi connectivity index (χ1v) is 6.89. The van der Waals surface area contributed by atoms with Gasteiger partial charge in [-0.1, -0.05) is 57.3 Å². The predicted molar refractivity (Wildman–Crippen MR) is 79.3 cm³/mol. The van der Waals surface area contributed by atoms with Crippen LogP contribution in [0.2, 0.25) is 0 Å². The van der Waals surface area contributed by atoms with Crippen LogP contribution in [-0.4, -0.2) is 10.7 Å². The van der Waals surface area contributed by atoms with Crippen molar-refractivity contribution in [1.82, 2.24) is 0 Å². The third-order valence-corrected chi connectivity index (χ3v) is 2.60. The van der Waals surface area contributed by atoms with E-state index in [0.29, 0.717) is 0 Å². The highest BCUT2D eigenvalue weighted by molar-refractivity contribution is 4.97. The van der Waals surface area contributed by atoms with E-state index in [1.54, 1.807) is 13.0 Å². The molecule has 0 bridgehead atoms. The van der Waals surface area contributed by atoms with E-state index < -0.39 is 5.60 Å². The maximum absolute atomic E-state index is 9.49. The van der Waals surface area contributed by atoms with Gasteiger partial charge in [0.15, 0.2) is 0 Å². The molecule has 17 heavy (non-hydrogen) atoms. The standard InChI is InChI=1S/C10H18O.C6H14/c1-5-10(4,11)8-6-7-9(2)3;1-3-5-6-4-2/h5,7,11H,1,6,8H2,2-4H3;3-6H2,1-2H3. The Morgan fingerprint density at radius 3 is 1.94 bits per heavy atom. The monoisotopic (exact) mass is 240 g/mol. The van der Waals surface area contributed by atoms with Gasteiger partial charge in [0.05, 0.1) is 5.60 Å². The van der Waals surface area contributed by atoms with Crippen LogP contribution in [0.4, 0.5) is 0 Å². The zero-order valence-corrected chi connectivity index (χ0v) is 12.6. The Bertz CT molecular complexity index is 194. The number of hydrogen-bond donors (Lipinski definition) is 1. The zero-order valence-electron chi connectivity index (χ0n) is 12.6. The van der Waals surface area contributed by atoms with Gasteiger partial charge in [0.25, 0.3) is 0 Å². The molecule has 0 aromatic rings. The first-order chi connectivity index (χ1) is 7.89. The summed E-state index contributed by atoms with van der Waals surface area (Å²) in [5, 5.41) is 9.49. The van der Waals surface area contributed by atoms with Gasteiger partial charge in [0.2, 0.25) is 0 Å². The summed E-state index contributed by atoms with van der Waals surface area (Å²) in [5.74, 6) is 0. The van der Waals surface area contributed by atoms with Crippen molar-refractivity contribution in [3.8, 4) is 0 Å². The van der Waals surface area contributed by atoms with Gasteiger partial charge in [-0.25, -0.2) is 0 Å². The molecule has 0 heterocycles. The molecule has 0 rings (SSSR count). The van der Waals surface area contributed by atoms with Crippen LogP contribution >= 0.6 is 0 Å². The highest BCUT2D eigenvalue weighted by Gasteiger charge is 2.12. The van der Waals surface area contributed by atoms with Gasteiger partial charge in [-0.2, -0.15) is 0 Å². The lowest BCUT2D eigenvalue weighted by Crippen LogP contribution is -2.19. The predicted octanol–water partition coefficient (Wildman–Crippen LogP) is 5.26. The molecule has 0 fully saturated rings. The maximum Gasteiger partial charge on any atom is 0.0800 e. The van der Waals surface area contributed by atoms with Crippen LogP contribution in [0.1, 0.15) is 73.1 Å². The molecule has 102 valence electrons. The first kappa shape index (κ1) is 18.8. The first-order valence-electron chi connectivity index (χ1n) is 6.89. The van der Waals surface area contributed by atoms with E-state index >= 15 is 0 Å². The number of allylic oxidation sites excluding steroid dienone is 2. The van der Waals surface area contributed by atoms with Crippen LogP contribution in [0.5, 0.6) is 0 Å². The fourth-order valence-corrected chi connectivity index (χ4v) is 1.26. The largest absolute Gasteiger partial charge is 0.386 e. The van der Waals surface area contributed by atoms with E-state index in [9.17, 15) is 5.11 Å². The van der Waals surface area contributed by atoms with Crippen LogP contribution < -0.4 is 0 Å². The molecule has 1 heteroatoms.